The molecular weight excluding hydrogens is 252 g/mol. The van der Waals surface area contributed by atoms with Gasteiger partial charge in [-0.25, -0.2) is 5.10 Å². The number of aryl methyl sites for hydroxylation is 2. The molecule has 0 amide bonds. The highest BCUT2D eigenvalue weighted by atomic mass is 16.5. The zero-order valence-electron chi connectivity index (χ0n) is 12.6. The van der Waals surface area contributed by atoms with Gasteiger partial charge in [0.2, 0.25) is 0 Å². The molecule has 1 aromatic carbocycles. The second-order valence-corrected chi connectivity index (χ2v) is 5.92. The minimum atomic E-state index is -0.227. The van der Waals surface area contributed by atoms with Crippen LogP contribution in [-0.2, 0) is 0 Å². The van der Waals surface area contributed by atoms with Crippen LogP contribution >= 0.6 is 0 Å². The smallest absolute Gasteiger partial charge is 0.264 e. The van der Waals surface area contributed by atoms with Crippen LogP contribution in [0.15, 0.2) is 29.1 Å². The number of hydrogen-bond acceptors (Lipinski definition) is 3. The van der Waals surface area contributed by atoms with Crippen molar-refractivity contribution in [2.75, 3.05) is 0 Å². The molecule has 0 atom stereocenters. The zero-order chi connectivity index (χ0) is 14.9. The van der Waals surface area contributed by atoms with Gasteiger partial charge in [-0.2, -0.15) is 5.10 Å². The van der Waals surface area contributed by atoms with E-state index in [0.717, 1.165) is 28.1 Å². The van der Waals surface area contributed by atoms with Crippen molar-refractivity contribution >= 4 is 0 Å². The van der Waals surface area contributed by atoms with E-state index >= 15 is 0 Å². The van der Waals surface area contributed by atoms with Crippen LogP contribution in [0.2, 0.25) is 0 Å². The van der Waals surface area contributed by atoms with Gasteiger partial charge in [-0.05, 0) is 57.9 Å². The Morgan fingerprint density at radius 3 is 2.40 bits per heavy atom. The van der Waals surface area contributed by atoms with Crippen LogP contribution in [-0.4, -0.2) is 15.8 Å². The van der Waals surface area contributed by atoms with Gasteiger partial charge < -0.3 is 4.74 Å². The fourth-order valence-corrected chi connectivity index (χ4v) is 2.10. The number of hydrogen-bond donors (Lipinski definition) is 1. The third-order valence-corrected chi connectivity index (χ3v) is 2.91. The van der Waals surface area contributed by atoms with Crippen LogP contribution in [0, 0.1) is 13.8 Å². The van der Waals surface area contributed by atoms with Crippen LogP contribution < -0.4 is 10.3 Å². The van der Waals surface area contributed by atoms with E-state index in [0.29, 0.717) is 0 Å². The van der Waals surface area contributed by atoms with Crippen molar-refractivity contribution in [1.29, 1.82) is 0 Å². The van der Waals surface area contributed by atoms with Gasteiger partial charge in [-0.1, -0.05) is 6.07 Å². The Labute approximate surface area is 118 Å². The van der Waals surface area contributed by atoms with Crippen molar-refractivity contribution in [2.24, 2.45) is 0 Å². The monoisotopic (exact) mass is 272 g/mol. The number of rotatable bonds is 2. The van der Waals surface area contributed by atoms with Gasteiger partial charge in [0.15, 0.2) is 0 Å². The standard InChI is InChI=1S/C16H20N2O2/c1-10-8-12(20-16(3,4)5)6-7-13(10)14-9-15(19)18-17-11(14)2/h6-9H,1-5H3,(H,18,19). The van der Waals surface area contributed by atoms with E-state index in [9.17, 15) is 4.79 Å². The maximum atomic E-state index is 11.4. The summed E-state index contributed by atoms with van der Waals surface area (Å²) in [5.74, 6) is 0.828. The van der Waals surface area contributed by atoms with Crippen LogP contribution in [0.25, 0.3) is 11.1 Å². The summed E-state index contributed by atoms with van der Waals surface area (Å²) in [6, 6.07) is 7.46. The Balaban J connectivity index is 2.44. The first-order chi connectivity index (χ1) is 9.26. The van der Waals surface area contributed by atoms with E-state index in [2.05, 4.69) is 10.2 Å². The zero-order valence-corrected chi connectivity index (χ0v) is 12.6. The van der Waals surface area contributed by atoms with Gasteiger partial charge in [-0.15, -0.1) is 0 Å². The quantitative estimate of drug-likeness (QED) is 0.913. The lowest BCUT2D eigenvalue weighted by Crippen LogP contribution is -2.22. The van der Waals surface area contributed by atoms with Crippen molar-refractivity contribution in [3.05, 3.63) is 45.9 Å². The molecule has 4 heteroatoms. The molecule has 0 saturated heterocycles. The highest BCUT2D eigenvalue weighted by Crippen LogP contribution is 2.28. The summed E-state index contributed by atoms with van der Waals surface area (Å²) in [6.45, 7) is 9.93. The molecular formula is C16H20N2O2. The van der Waals surface area contributed by atoms with Gasteiger partial charge in [0.25, 0.3) is 5.56 Å². The second kappa shape index (κ2) is 5.12. The summed E-state index contributed by atoms with van der Waals surface area (Å²) in [7, 11) is 0. The molecule has 0 bridgehead atoms. The van der Waals surface area contributed by atoms with E-state index in [4.69, 9.17) is 4.74 Å². The minimum absolute atomic E-state index is 0.194. The van der Waals surface area contributed by atoms with E-state index in [1.807, 2.05) is 52.8 Å². The van der Waals surface area contributed by atoms with Crippen molar-refractivity contribution < 1.29 is 4.74 Å². The highest BCUT2D eigenvalue weighted by Gasteiger charge is 2.13. The summed E-state index contributed by atoms with van der Waals surface area (Å²) in [6.07, 6.45) is 0. The maximum Gasteiger partial charge on any atom is 0.264 e. The summed E-state index contributed by atoms with van der Waals surface area (Å²) >= 11 is 0. The lowest BCUT2D eigenvalue weighted by atomic mass is 10.00. The lowest BCUT2D eigenvalue weighted by Gasteiger charge is -2.22. The van der Waals surface area contributed by atoms with Crippen LogP contribution in [0.1, 0.15) is 32.0 Å². The topological polar surface area (TPSA) is 55.0 Å². The predicted octanol–water partition coefficient (Wildman–Crippen LogP) is 3.23. The molecule has 106 valence electrons. The normalized spacial score (nSPS) is 11.4. The van der Waals surface area contributed by atoms with Crippen LogP contribution in [0.3, 0.4) is 0 Å². The first-order valence-corrected chi connectivity index (χ1v) is 6.62. The van der Waals surface area contributed by atoms with Crippen LogP contribution in [0.4, 0.5) is 0 Å². The molecule has 1 aromatic heterocycles. The summed E-state index contributed by atoms with van der Waals surface area (Å²) in [5.41, 5.74) is 3.30. The largest absolute Gasteiger partial charge is 0.488 e. The number of H-pyrrole nitrogens is 1. The molecule has 2 rings (SSSR count). The van der Waals surface area contributed by atoms with Gasteiger partial charge in [0.1, 0.15) is 11.4 Å². The van der Waals surface area contributed by atoms with Crippen molar-refractivity contribution in [3.8, 4) is 16.9 Å². The number of nitrogens with one attached hydrogen (secondary N) is 1. The molecule has 0 spiro atoms. The van der Waals surface area contributed by atoms with Gasteiger partial charge in [0.05, 0.1) is 5.69 Å². The van der Waals surface area contributed by atoms with E-state index in [1.165, 1.54) is 0 Å². The Morgan fingerprint density at radius 1 is 1.10 bits per heavy atom. The maximum absolute atomic E-state index is 11.4. The molecule has 0 aliphatic heterocycles. The first kappa shape index (κ1) is 14.3. The summed E-state index contributed by atoms with van der Waals surface area (Å²) in [5, 5.41) is 6.45. The molecule has 0 aliphatic carbocycles. The van der Waals surface area contributed by atoms with E-state index in [-0.39, 0.29) is 11.2 Å². The number of benzene rings is 1. The Kier molecular flexibility index (Phi) is 3.66. The Hall–Kier alpha value is -2.10. The van der Waals surface area contributed by atoms with Crippen molar-refractivity contribution in [3.63, 3.8) is 0 Å². The van der Waals surface area contributed by atoms with Crippen molar-refractivity contribution in [2.45, 2.75) is 40.2 Å². The highest BCUT2D eigenvalue weighted by molar-refractivity contribution is 5.69. The van der Waals surface area contributed by atoms with Crippen molar-refractivity contribution in [1.82, 2.24) is 10.2 Å². The molecule has 0 saturated carbocycles. The number of aromatic amines is 1. The lowest BCUT2D eigenvalue weighted by molar-refractivity contribution is 0.131. The average molecular weight is 272 g/mol. The van der Waals surface area contributed by atoms with E-state index in [1.54, 1.807) is 6.07 Å². The van der Waals surface area contributed by atoms with E-state index < -0.39 is 0 Å². The molecule has 0 aliphatic rings. The molecule has 0 unspecified atom stereocenters. The number of nitrogens with zero attached hydrogens (tertiary/aromatic N) is 1. The van der Waals surface area contributed by atoms with Crippen LogP contribution in [0.5, 0.6) is 5.75 Å². The average Bonchev–Trinajstić information content (AvgIpc) is 2.31. The fourth-order valence-electron chi connectivity index (χ4n) is 2.10. The molecule has 2 aromatic rings. The Bertz CT molecular complexity index is 682. The molecule has 4 nitrogen and oxygen atoms in total. The summed E-state index contributed by atoms with van der Waals surface area (Å²) < 4.78 is 5.84. The fraction of sp³-hybridized carbons (Fsp3) is 0.375. The third kappa shape index (κ3) is 3.26. The first-order valence-electron chi connectivity index (χ1n) is 6.62. The second-order valence-electron chi connectivity index (χ2n) is 5.92. The molecule has 0 fully saturated rings. The SMILES string of the molecule is Cc1cc(OC(C)(C)C)ccc1-c1cc(=O)[nH]nc1C. The van der Waals surface area contributed by atoms with Gasteiger partial charge in [0, 0.05) is 11.6 Å². The molecule has 20 heavy (non-hydrogen) atoms. The van der Waals surface area contributed by atoms with Gasteiger partial charge in [-0.3, -0.25) is 4.79 Å². The number of aromatic nitrogens is 2. The van der Waals surface area contributed by atoms with Gasteiger partial charge >= 0.3 is 0 Å². The molecule has 0 radical (unpaired) electrons. The molecule has 1 N–H and O–H groups in total. The predicted molar refractivity (Wildman–Crippen MR) is 80.1 cm³/mol. The molecule has 1 heterocycles. The third-order valence-electron chi connectivity index (χ3n) is 2.91. The summed E-state index contributed by atoms with van der Waals surface area (Å²) in [4.78, 5) is 11.4. The minimum Gasteiger partial charge on any atom is -0.488 e. The Morgan fingerprint density at radius 2 is 1.80 bits per heavy atom. The number of ether oxygens (including phenoxy) is 1.